The molecule has 0 aromatic carbocycles. The molecule has 2 aromatic heterocycles. The van der Waals surface area contributed by atoms with Gasteiger partial charge in [0.2, 0.25) is 11.9 Å². The average Bonchev–Trinajstić information content (AvgIpc) is 2.83. The minimum Gasteiger partial charge on any atom is -0.369 e. The van der Waals surface area contributed by atoms with Crippen molar-refractivity contribution in [3.8, 4) is 0 Å². The summed E-state index contributed by atoms with van der Waals surface area (Å²) in [6.07, 6.45) is 2.47. The van der Waals surface area contributed by atoms with Gasteiger partial charge in [-0.25, -0.2) is 9.97 Å². The van der Waals surface area contributed by atoms with Crippen molar-refractivity contribution in [1.29, 1.82) is 0 Å². The van der Waals surface area contributed by atoms with Gasteiger partial charge in [-0.05, 0) is 25.0 Å². The van der Waals surface area contributed by atoms with Gasteiger partial charge in [-0.15, -0.1) is 0 Å². The number of nitrogens with zero attached hydrogens (tertiary/aromatic N) is 4. The summed E-state index contributed by atoms with van der Waals surface area (Å²) < 4.78 is 1.76. The molecular weight excluding hydrogens is 230 g/mol. The van der Waals surface area contributed by atoms with E-state index in [1.165, 1.54) is 0 Å². The number of nitrogen functional groups attached to an aromatic ring is 1. The zero-order valence-corrected chi connectivity index (χ0v) is 10.4. The smallest absolute Gasteiger partial charge is 0.245 e. The van der Waals surface area contributed by atoms with Crippen LogP contribution >= 0.6 is 0 Å². The second-order valence-electron chi connectivity index (χ2n) is 4.70. The highest BCUT2D eigenvalue weighted by Crippen LogP contribution is 2.29. The summed E-state index contributed by atoms with van der Waals surface area (Å²) in [5, 5.41) is 0. The maximum Gasteiger partial charge on any atom is 0.245 e. The van der Waals surface area contributed by atoms with Gasteiger partial charge in [-0.2, -0.15) is 0 Å². The first-order chi connectivity index (χ1) is 8.59. The topological polar surface area (TPSA) is 77.0 Å². The quantitative estimate of drug-likeness (QED) is 0.803. The van der Waals surface area contributed by atoms with Crippen molar-refractivity contribution in [1.82, 2.24) is 19.4 Å². The number of imidazole rings is 1. The Morgan fingerprint density at radius 1 is 1.50 bits per heavy atom. The summed E-state index contributed by atoms with van der Waals surface area (Å²) in [6.45, 7) is 2.71. The predicted octanol–water partition coefficient (Wildman–Crippen LogP) is 0.725. The molecule has 2 aromatic rings. The second kappa shape index (κ2) is 3.69. The van der Waals surface area contributed by atoms with Gasteiger partial charge in [0.25, 0.3) is 0 Å². The number of rotatable bonds is 1. The molecule has 1 aliphatic heterocycles. The number of aromatic nitrogens is 3. The fraction of sp³-hybridized carbons (Fsp3) is 0.417. The number of fused-ring (bicyclic) bond motifs is 1. The van der Waals surface area contributed by atoms with E-state index < -0.39 is 0 Å². The number of likely N-dealkylation sites (tertiary alicyclic amines) is 1. The molecule has 0 spiro atoms. The standard InChI is InChI=1S/C12H15N5O/c1-7-3-5-14-10-9(7)15-12(13)17(10)8-4-6-16(2)11(8)18/h3,5,8H,4,6H2,1-2H3,(H2,13,15). The number of pyridine rings is 1. The largest absolute Gasteiger partial charge is 0.369 e. The zero-order chi connectivity index (χ0) is 12.9. The van der Waals surface area contributed by atoms with Crippen molar-refractivity contribution in [2.75, 3.05) is 19.3 Å². The molecule has 0 bridgehead atoms. The number of carbonyl (C=O) groups is 1. The number of likely N-dealkylation sites (N-methyl/N-ethyl adjacent to an activating group) is 1. The molecule has 0 radical (unpaired) electrons. The van der Waals surface area contributed by atoms with E-state index in [1.807, 2.05) is 13.0 Å². The summed E-state index contributed by atoms with van der Waals surface area (Å²) in [5.41, 5.74) is 8.44. The molecule has 0 saturated carbocycles. The Hall–Kier alpha value is -2.11. The van der Waals surface area contributed by atoms with Crippen LogP contribution in [0.4, 0.5) is 5.95 Å². The normalized spacial score (nSPS) is 20.0. The van der Waals surface area contributed by atoms with Crippen molar-refractivity contribution >= 4 is 23.0 Å². The molecule has 3 rings (SSSR count). The Balaban J connectivity index is 2.21. The number of nitrogens with two attached hydrogens (primary N) is 1. The zero-order valence-electron chi connectivity index (χ0n) is 10.4. The van der Waals surface area contributed by atoms with E-state index in [2.05, 4.69) is 9.97 Å². The molecule has 3 heterocycles. The van der Waals surface area contributed by atoms with E-state index >= 15 is 0 Å². The first-order valence-corrected chi connectivity index (χ1v) is 5.93. The van der Waals surface area contributed by atoms with E-state index in [0.29, 0.717) is 11.6 Å². The molecule has 2 N–H and O–H groups in total. The third-order valence-corrected chi connectivity index (χ3v) is 3.52. The number of amides is 1. The molecule has 1 saturated heterocycles. The molecule has 94 valence electrons. The van der Waals surface area contributed by atoms with Crippen LogP contribution in [0.5, 0.6) is 0 Å². The van der Waals surface area contributed by atoms with Gasteiger partial charge in [-0.1, -0.05) is 0 Å². The van der Waals surface area contributed by atoms with Crippen LogP contribution in [0.3, 0.4) is 0 Å². The lowest BCUT2D eigenvalue weighted by Crippen LogP contribution is -2.25. The van der Waals surface area contributed by atoms with Crippen molar-refractivity contribution < 1.29 is 4.79 Å². The third-order valence-electron chi connectivity index (χ3n) is 3.52. The van der Waals surface area contributed by atoms with Crippen molar-refractivity contribution in [2.24, 2.45) is 0 Å². The summed E-state index contributed by atoms with van der Waals surface area (Å²) in [6, 6.07) is 1.62. The molecule has 1 fully saturated rings. The number of carbonyl (C=O) groups excluding carboxylic acids is 1. The summed E-state index contributed by atoms with van der Waals surface area (Å²) in [5.74, 6) is 0.435. The Bertz CT molecular complexity index is 633. The number of aryl methyl sites for hydroxylation is 1. The highest BCUT2D eigenvalue weighted by atomic mass is 16.2. The number of hydrogen-bond acceptors (Lipinski definition) is 4. The lowest BCUT2D eigenvalue weighted by Gasteiger charge is -2.13. The van der Waals surface area contributed by atoms with E-state index in [4.69, 9.17) is 5.73 Å². The third kappa shape index (κ3) is 1.38. The highest BCUT2D eigenvalue weighted by Gasteiger charge is 2.33. The van der Waals surface area contributed by atoms with Crippen molar-refractivity contribution in [3.63, 3.8) is 0 Å². The Morgan fingerprint density at radius 3 is 2.94 bits per heavy atom. The van der Waals surface area contributed by atoms with Crippen LogP contribution in [0, 0.1) is 6.92 Å². The van der Waals surface area contributed by atoms with E-state index in [-0.39, 0.29) is 11.9 Å². The average molecular weight is 245 g/mol. The highest BCUT2D eigenvalue weighted by molar-refractivity contribution is 5.86. The summed E-state index contributed by atoms with van der Waals surface area (Å²) in [7, 11) is 1.80. The van der Waals surface area contributed by atoms with Gasteiger partial charge in [0, 0.05) is 19.8 Å². The number of hydrogen-bond donors (Lipinski definition) is 1. The van der Waals surface area contributed by atoms with Gasteiger partial charge in [0.15, 0.2) is 5.65 Å². The molecule has 18 heavy (non-hydrogen) atoms. The first kappa shape index (κ1) is 11.0. The van der Waals surface area contributed by atoms with Gasteiger partial charge >= 0.3 is 0 Å². The molecule has 1 unspecified atom stereocenters. The van der Waals surface area contributed by atoms with Crippen LogP contribution in [0.15, 0.2) is 12.3 Å². The summed E-state index contributed by atoms with van der Waals surface area (Å²) in [4.78, 5) is 22.4. The van der Waals surface area contributed by atoms with Gasteiger partial charge in [-0.3, -0.25) is 9.36 Å². The monoisotopic (exact) mass is 245 g/mol. The number of anilines is 1. The van der Waals surface area contributed by atoms with Crippen LogP contribution in [-0.2, 0) is 4.79 Å². The SMILES string of the molecule is Cc1ccnc2c1nc(N)n2C1CCN(C)C1=O. The Morgan fingerprint density at radius 2 is 2.28 bits per heavy atom. The van der Waals surface area contributed by atoms with Crippen LogP contribution in [-0.4, -0.2) is 38.9 Å². The van der Waals surface area contributed by atoms with Crippen LogP contribution in [0.1, 0.15) is 18.0 Å². The van der Waals surface area contributed by atoms with E-state index in [1.54, 1.807) is 22.7 Å². The lowest BCUT2D eigenvalue weighted by atomic mass is 10.2. The van der Waals surface area contributed by atoms with E-state index in [9.17, 15) is 4.79 Å². The molecule has 6 heteroatoms. The predicted molar refractivity (Wildman–Crippen MR) is 68.0 cm³/mol. The molecule has 0 aliphatic carbocycles. The van der Waals surface area contributed by atoms with Crippen molar-refractivity contribution in [3.05, 3.63) is 17.8 Å². The minimum atomic E-state index is -0.269. The minimum absolute atomic E-state index is 0.0734. The molecular formula is C12H15N5O. The van der Waals surface area contributed by atoms with Gasteiger partial charge < -0.3 is 10.6 Å². The molecule has 1 aliphatic rings. The molecule has 1 amide bonds. The van der Waals surface area contributed by atoms with Crippen molar-refractivity contribution in [2.45, 2.75) is 19.4 Å². The molecule has 1 atom stereocenters. The summed E-state index contributed by atoms with van der Waals surface area (Å²) >= 11 is 0. The van der Waals surface area contributed by atoms with Crippen LogP contribution in [0.2, 0.25) is 0 Å². The van der Waals surface area contributed by atoms with Gasteiger partial charge in [0.05, 0.1) is 0 Å². The maximum absolute atomic E-state index is 12.1. The second-order valence-corrected chi connectivity index (χ2v) is 4.70. The van der Waals surface area contributed by atoms with E-state index in [0.717, 1.165) is 24.0 Å². The first-order valence-electron chi connectivity index (χ1n) is 5.93. The fourth-order valence-corrected chi connectivity index (χ4v) is 2.48. The Kier molecular flexibility index (Phi) is 2.26. The van der Waals surface area contributed by atoms with Gasteiger partial charge in [0.1, 0.15) is 11.6 Å². The Labute approximate surface area is 104 Å². The maximum atomic E-state index is 12.1. The molecule has 6 nitrogen and oxygen atoms in total. The van der Waals surface area contributed by atoms with Crippen LogP contribution in [0.25, 0.3) is 11.2 Å². The van der Waals surface area contributed by atoms with Crippen LogP contribution < -0.4 is 5.73 Å². The lowest BCUT2D eigenvalue weighted by molar-refractivity contribution is -0.129. The fourth-order valence-electron chi connectivity index (χ4n) is 2.48.